The third-order valence-electron chi connectivity index (χ3n) is 3.25. The molecule has 0 spiro atoms. The van der Waals surface area contributed by atoms with Crippen LogP contribution in [0.3, 0.4) is 0 Å². The zero-order valence-electron chi connectivity index (χ0n) is 11.0. The molecular formula is C15H13ClN2OS. The third kappa shape index (κ3) is 2.25. The largest absolute Gasteiger partial charge is 0.297 e. The highest BCUT2D eigenvalue weighted by Gasteiger charge is 2.12. The zero-order chi connectivity index (χ0) is 14.1. The van der Waals surface area contributed by atoms with E-state index in [0.29, 0.717) is 17.8 Å². The van der Waals surface area contributed by atoms with Crippen LogP contribution in [0.25, 0.3) is 21.3 Å². The second kappa shape index (κ2) is 5.38. The Bertz CT molecular complexity index is 805. The molecule has 0 fully saturated rings. The van der Waals surface area contributed by atoms with Gasteiger partial charge in [-0.15, -0.1) is 22.9 Å². The van der Waals surface area contributed by atoms with Crippen LogP contribution in [-0.2, 0) is 6.54 Å². The van der Waals surface area contributed by atoms with Crippen molar-refractivity contribution in [2.45, 2.75) is 13.5 Å². The van der Waals surface area contributed by atoms with Gasteiger partial charge in [-0.1, -0.05) is 29.8 Å². The van der Waals surface area contributed by atoms with Crippen LogP contribution in [0.15, 0.2) is 40.8 Å². The molecule has 0 atom stereocenters. The first-order valence-corrected chi connectivity index (χ1v) is 7.72. The number of fused-ring (bicyclic) bond motifs is 1. The maximum absolute atomic E-state index is 12.5. The van der Waals surface area contributed by atoms with Gasteiger partial charge >= 0.3 is 0 Å². The van der Waals surface area contributed by atoms with Crippen molar-refractivity contribution in [3.8, 4) is 11.1 Å². The molecule has 0 aliphatic rings. The number of halogens is 1. The van der Waals surface area contributed by atoms with Crippen molar-refractivity contribution in [1.29, 1.82) is 0 Å². The van der Waals surface area contributed by atoms with E-state index in [1.807, 2.05) is 36.6 Å². The van der Waals surface area contributed by atoms with E-state index in [9.17, 15) is 4.79 Å². The summed E-state index contributed by atoms with van der Waals surface area (Å²) in [5, 5.41) is 2.68. The lowest BCUT2D eigenvalue weighted by atomic mass is 10.1. The van der Waals surface area contributed by atoms with Gasteiger partial charge in [-0.05, 0) is 12.5 Å². The average Bonchev–Trinajstić information content (AvgIpc) is 2.88. The number of rotatable bonds is 3. The van der Waals surface area contributed by atoms with E-state index in [2.05, 4.69) is 4.98 Å². The van der Waals surface area contributed by atoms with Gasteiger partial charge in [-0.2, -0.15) is 0 Å². The number of benzene rings is 1. The number of nitrogens with zero attached hydrogens (tertiary/aromatic N) is 2. The van der Waals surface area contributed by atoms with Gasteiger partial charge in [0.25, 0.3) is 5.56 Å². The van der Waals surface area contributed by atoms with Gasteiger partial charge in [0, 0.05) is 23.4 Å². The fraction of sp³-hybridized carbons (Fsp3) is 0.200. The van der Waals surface area contributed by atoms with Gasteiger partial charge in [0.2, 0.25) is 0 Å². The van der Waals surface area contributed by atoms with Crippen LogP contribution < -0.4 is 5.56 Å². The molecular weight excluding hydrogens is 292 g/mol. The Labute approximate surface area is 125 Å². The van der Waals surface area contributed by atoms with E-state index in [0.717, 1.165) is 16.0 Å². The summed E-state index contributed by atoms with van der Waals surface area (Å²) in [6, 6.07) is 8.17. The molecule has 1 aromatic carbocycles. The maximum Gasteiger partial charge on any atom is 0.262 e. The molecule has 3 aromatic rings. The molecule has 20 heavy (non-hydrogen) atoms. The van der Waals surface area contributed by atoms with Crippen LogP contribution in [-0.4, -0.2) is 15.4 Å². The van der Waals surface area contributed by atoms with Crippen molar-refractivity contribution < 1.29 is 0 Å². The molecule has 3 nitrogen and oxygen atoms in total. The van der Waals surface area contributed by atoms with Crippen LogP contribution in [0.4, 0.5) is 0 Å². The molecule has 0 saturated carbocycles. The molecule has 102 valence electrons. The second-order valence-corrected chi connectivity index (χ2v) is 5.86. The zero-order valence-corrected chi connectivity index (χ0v) is 12.5. The Hall–Kier alpha value is -1.65. The molecule has 2 heterocycles. The Morgan fingerprint density at radius 2 is 2.05 bits per heavy atom. The van der Waals surface area contributed by atoms with E-state index < -0.39 is 0 Å². The predicted octanol–water partition coefficient (Wildman–Crippen LogP) is 3.67. The van der Waals surface area contributed by atoms with Crippen molar-refractivity contribution >= 4 is 33.2 Å². The van der Waals surface area contributed by atoms with Gasteiger partial charge in [0.15, 0.2) is 0 Å². The standard InChI is InChI=1S/C15H13ClN2OS/c1-10-2-4-11(5-3-10)12-8-20-14-13(12)15(19)18(7-6-16)9-17-14/h2-5,8-9H,6-7H2,1H3. The lowest BCUT2D eigenvalue weighted by Crippen LogP contribution is -2.21. The molecule has 0 aliphatic carbocycles. The summed E-state index contributed by atoms with van der Waals surface area (Å²) >= 11 is 7.22. The number of thiophene rings is 1. The van der Waals surface area contributed by atoms with Crippen LogP contribution in [0.2, 0.25) is 0 Å². The summed E-state index contributed by atoms with van der Waals surface area (Å²) in [6.07, 6.45) is 1.57. The maximum atomic E-state index is 12.5. The minimum atomic E-state index is -0.0209. The molecule has 0 aliphatic heterocycles. The summed E-state index contributed by atoms with van der Waals surface area (Å²) in [5.74, 6) is 0.400. The summed E-state index contributed by atoms with van der Waals surface area (Å²) in [7, 11) is 0. The molecule has 0 N–H and O–H groups in total. The number of hydrogen-bond acceptors (Lipinski definition) is 3. The number of aryl methyl sites for hydroxylation is 2. The highest BCUT2D eigenvalue weighted by atomic mass is 35.5. The van der Waals surface area contributed by atoms with E-state index >= 15 is 0 Å². The highest BCUT2D eigenvalue weighted by Crippen LogP contribution is 2.30. The minimum absolute atomic E-state index is 0.0209. The Morgan fingerprint density at radius 1 is 1.30 bits per heavy atom. The normalized spacial score (nSPS) is 11.1. The quantitative estimate of drug-likeness (QED) is 0.692. The summed E-state index contributed by atoms with van der Waals surface area (Å²) < 4.78 is 1.57. The Balaban J connectivity index is 2.24. The first-order chi connectivity index (χ1) is 9.70. The number of hydrogen-bond donors (Lipinski definition) is 0. The highest BCUT2D eigenvalue weighted by molar-refractivity contribution is 7.17. The Kier molecular flexibility index (Phi) is 3.59. The molecule has 0 unspecified atom stereocenters. The molecule has 5 heteroatoms. The number of aromatic nitrogens is 2. The molecule has 0 bridgehead atoms. The van der Waals surface area contributed by atoms with Crippen molar-refractivity contribution in [1.82, 2.24) is 9.55 Å². The fourth-order valence-electron chi connectivity index (χ4n) is 2.16. The molecule has 0 saturated heterocycles. The van der Waals surface area contributed by atoms with Gasteiger partial charge in [0.05, 0.1) is 11.7 Å². The van der Waals surface area contributed by atoms with Crippen molar-refractivity contribution in [2.24, 2.45) is 0 Å². The van der Waals surface area contributed by atoms with Crippen LogP contribution in [0, 0.1) is 6.92 Å². The van der Waals surface area contributed by atoms with E-state index in [1.165, 1.54) is 16.9 Å². The molecule has 2 aromatic heterocycles. The summed E-state index contributed by atoms with van der Waals surface area (Å²) in [6.45, 7) is 2.52. The van der Waals surface area contributed by atoms with E-state index in [4.69, 9.17) is 11.6 Å². The number of alkyl halides is 1. The van der Waals surface area contributed by atoms with E-state index in [-0.39, 0.29) is 5.56 Å². The predicted molar refractivity (Wildman–Crippen MR) is 84.8 cm³/mol. The Morgan fingerprint density at radius 3 is 2.75 bits per heavy atom. The van der Waals surface area contributed by atoms with Crippen LogP contribution >= 0.6 is 22.9 Å². The summed E-state index contributed by atoms with van der Waals surface area (Å²) in [5.41, 5.74) is 3.18. The average molecular weight is 305 g/mol. The van der Waals surface area contributed by atoms with Crippen molar-refractivity contribution in [3.63, 3.8) is 0 Å². The van der Waals surface area contributed by atoms with E-state index in [1.54, 1.807) is 10.9 Å². The third-order valence-corrected chi connectivity index (χ3v) is 4.30. The lowest BCUT2D eigenvalue weighted by molar-refractivity contribution is 0.723. The van der Waals surface area contributed by atoms with Crippen LogP contribution in [0.5, 0.6) is 0 Å². The van der Waals surface area contributed by atoms with Crippen LogP contribution in [0.1, 0.15) is 5.56 Å². The smallest absolute Gasteiger partial charge is 0.262 e. The fourth-order valence-corrected chi connectivity index (χ4v) is 3.25. The van der Waals surface area contributed by atoms with Gasteiger partial charge in [-0.3, -0.25) is 9.36 Å². The summed E-state index contributed by atoms with van der Waals surface area (Å²) in [4.78, 5) is 17.6. The van der Waals surface area contributed by atoms with Crippen molar-refractivity contribution in [2.75, 3.05) is 5.88 Å². The van der Waals surface area contributed by atoms with Crippen molar-refractivity contribution in [3.05, 3.63) is 51.9 Å². The molecule has 3 rings (SSSR count). The first kappa shape index (κ1) is 13.3. The monoisotopic (exact) mass is 304 g/mol. The topological polar surface area (TPSA) is 34.9 Å². The lowest BCUT2D eigenvalue weighted by Gasteiger charge is -2.04. The SMILES string of the molecule is Cc1ccc(-c2csc3ncn(CCCl)c(=O)c23)cc1. The molecule has 0 amide bonds. The second-order valence-electron chi connectivity index (χ2n) is 4.63. The first-order valence-electron chi connectivity index (χ1n) is 6.30. The van der Waals surface area contributed by atoms with Gasteiger partial charge < -0.3 is 0 Å². The minimum Gasteiger partial charge on any atom is -0.297 e. The molecule has 0 radical (unpaired) electrons. The van der Waals surface area contributed by atoms with Gasteiger partial charge in [-0.25, -0.2) is 4.98 Å². The van der Waals surface area contributed by atoms with Gasteiger partial charge in [0.1, 0.15) is 4.83 Å².